The number of rotatable bonds is 5. The minimum Gasteiger partial charge on any atom is -0.465 e. The molecule has 0 aromatic heterocycles. The van der Waals surface area contributed by atoms with Crippen LogP contribution in [0.2, 0.25) is 0 Å². The van der Waals surface area contributed by atoms with E-state index in [1.165, 1.54) is 12.8 Å². The summed E-state index contributed by atoms with van der Waals surface area (Å²) in [6, 6.07) is 0.974. The number of nitrogens with one attached hydrogen (secondary N) is 1. The normalized spacial score (nSPS) is 26.9. The van der Waals surface area contributed by atoms with Crippen molar-refractivity contribution >= 4 is 5.97 Å². The van der Waals surface area contributed by atoms with Crippen LogP contribution in [0.5, 0.6) is 0 Å². The first kappa shape index (κ1) is 12.5. The van der Waals surface area contributed by atoms with Crippen molar-refractivity contribution in [2.75, 3.05) is 26.7 Å². The maximum absolute atomic E-state index is 11.4. The van der Waals surface area contributed by atoms with Crippen LogP contribution < -0.4 is 5.32 Å². The summed E-state index contributed by atoms with van der Waals surface area (Å²) in [5.41, 5.74) is 0. The molecule has 88 valence electrons. The Morgan fingerprint density at radius 3 is 2.87 bits per heavy atom. The molecule has 1 rings (SSSR count). The molecule has 0 spiro atoms. The highest BCUT2D eigenvalue weighted by molar-refractivity contribution is 5.71. The monoisotopic (exact) mass is 214 g/mol. The topological polar surface area (TPSA) is 41.6 Å². The lowest BCUT2D eigenvalue weighted by Crippen LogP contribution is -2.43. The molecule has 1 aliphatic heterocycles. The van der Waals surface area contributed by atoms with E-state index < -0.39 is 0 Å². The molecule has 0 aromatic rings. The average Bonchev–Trinajstić information content (AvgIpc) is 2.51. The van der Waals surface area contributed by atoms with Gasteiger partial charge in [-0.3, -0.25) is 9.69 Å². The number of carbonyl (C=O) groups is 1. The highest BCUT2D eigenvalue weighted by Gasteiger charge is 2.31. The minimum atomic E-state index is -0.104. The van der Waals surface area contributed by atoms with Crippen molar-refractivity contribution < 1.29 is 9.53 Å². The molecule has 0 amide bonds. The summed E-state index contributed by atoms with van der Waals surface area (Å²) in [6.07, 6.45) is 2.34. The Bertz CT molecular complexity index is 207. The van der Waals surface area contributed by atoms with Crippen molar-refractivity contribution in [2.24, 2.45) is 0 Å². The lowest BCUT2D eigenvalue weighted by atomic mass is 10.2. The van der Waals surface area contributed by atoms with Crippen molar-refractivity contribution in [3.05, 3.63) is 0 Å². The Hall–Kier alpha value is -0.610. The molecule has 1 saturated heterocycles. The van der Waals surface area contributed by atoms with Gasteiger partial charge in [0.25, 0.3) is 0 Å². The zero-order valence-corrected chi connectivity index (χ0v) is 9.95. The van der Waals surface area contributed by atoms with Crippen LogP contribution in [0.15, 0.2) is 0 Å². The van der Waals surface area contributed by atoms with Crippen LogP contribution in [0, 0.1) is 0 Å². The van der Waals surface area contributed by atoms with Gasteiger partial charge in [0.05, 0.1) is 13.2 Å². The molecule has 15 heavy (non-hydrogen) atoms. The van der Waals surface area contributed by atoms with E-state index >= 15 is 0 Å². The fraction of sp³-hybridized carbons (Fsp3) is 0.909. The molecular formula is C11H22N2O2. The van der Waals surface area contributed by atoms with E-state index in [4.69, 9.17) is 4.74 Å². The van der Waals surface area contributed by atoms with Gasteiger partial charge in [-0.25, -0.2) is 0 Å². The molecule has 0 aliphatic carbocycles. The number of esters is 1. The number of nitrogens with zero attached hydrogens (tertiary/aromatic N) is 1. The van der Waals surface area contributed by atoms with Crippen molar-refractivity contribution in [1.29, 1.82) is 0 Å². The number of hydrogen-bond donors (Lipinski definition) is 1. The van der Waals surface area contributed by atoms with Gasteiger partial charge >= 0.3 is 5.97 Å². The molecule has 0 saturated carbocycles. The molecule has 0 bridgehead atoms. The Balaban J connectivity index is 2.45. The van der Waals surface area contributed by atoms with Gasteiger partial charge in [0, 0.05) is 18.6 Å². The number of ether oxygens (including phenoxy) is 1. The van der Waals surface area contributed by atoms with Crippen molar-refractivity contribution in [2.45, 2.75) is 38.8 Å². The van der Waals surface area contributed by atoms with Crippen LogP contribution in [-0.4, -0.2) is 49.7 Å². The highest BCUT2D eigenvalue weighted by Crippen LogP contribution is 2.22. The second-order valence-corrected chi connectivity index (χ2v) is 4.12. The maximum Gasteiger partial charge on any atom is 0.320 e. The third kappa shape index (κ3) is 3.47. The van der Waals surface area contributed by atoms with Gasteiger partial charge in [-0.05, 0) is 33.7 Å². The third-order valence-corrected chi connectivity index (χ3v) is 3.01. The van der Waals surface area contributed by atoms with E-state index in [9.17, 15) is 4.79 Å². The van der Waals surface area contributed by atoms with Crippen molar-refractivity contribution in [3.63, 3.8) is 0 Å². The summed E-state index contributed by atoms with van der Waals surface area (Å²) in [6.45, 7) is 5.87. The smallest absolute Gasteiger partial charge is 0.320 e. The van der Waals surface area contributed by atoms with Crippen LogP contribution in [-0.2, 0) is 9.53 Å². The summed E-state index contributed by atoms with van der Waals surface area (Å²) >= 11 is 0. The molecule has 4 nitrogen and oxygen atoms in total. The zero-order valence-electron chi connectivity index (χ0n) is 9.95. The number of hydrogen-bond acceptors (Lipinski definition) is 4. The van der Waals surface area contributed by atoms with E-state index in [-0.39, 0.29) is 5.97 Å². The summed E-state index contributed by atoms with van der Waals surface area (Å²) in [7, 11) is 1.95. The molecule has 1 fully saturated rings. The predicted molar refractivity (Wildman–Crippen MR) is 59.7 cm³/mol. The van der Waals surface area contributed by atoms with Gasteiger partial charge in [-0.1, -0.05) is 0 Å². The fourth-order valence-corrected chi connectivity index (χ4v) is 2.22. The highest BCUT2D eigenvalue weighted by atomic mass is 16.5. The molecule has 2 atom stereocenters. The van der Waals surface area contributed by atoms with Gasteiger partial charge in [0.15, 0.2) is 0 Å². The molecule has 1 heterocycles. The lowest BCUT2D eigenvalue weighted by Gasteiger charge is -2.26. The Morgan fingerprint density at radius 2 is 2.27 bits per heavy atom. The average molecular weight is 214 g/mol. The summed E-state index contributed by atoms with van der Waals surface area (Å²) < 4.78 is 4.98. The van der Waals surface area contributed by atoms with Crippen LogP contribution in [0.3, 0.4) is 0 Å². The Labute approximate surface area is 92.0 Å². The van der Waals surface area contributed by atoms with Crippen molar-refractivity contribution in [1.82, 2.24) is 10.2 Å². The fourth-order valence-electron chi connectivity index (χ4n) is 2.22. The van der Waals surface area contributed by atoms with Gasteiger partial charge in [-0.2, -0.15) is 0 Å². The Kier molecular flexibility index (Phi) is 5.05. The van der Waals surface area contributed by atoms with Gasteiger partial charge in [-0.15, -0.1) is 0 Å². The zero-order chi connectivity index (χ0) is 11.3. The van der Waals surface area contributed by atoms with E-state index in [2.05, 4.69) is 17.1 Å². The molecule has 0 aromatic carbocycles. The molecule has 1 aliphatic rings. The van der Waals surface area contributed by atoms with E-state index in [1.54, 1.807) is 0 Å². The first-order valence-corrected chi connectivity index (χ1v) is 5.75. The van der Waals surface area contributed by atoms with Gasteiger partial charge in [0.1, 0.15) is 0 Å². The number of likely N-dealkylation sites (N-methyl/N-ethyl adjacent to an activating group) is 1. The second-order valence-electron chi connectivity index (χ2n) is 4.12. The third-order valence-electron chi connectivity index (χ3n) is 3.01. The van der Waals surface area contributed by atoms with E-state index in [0.29, 0.717) is 25.2 Å². The van der Waals surface area contributed by atoms with Crippen LogP contribution in [0.25, 0.3) is 0 Å². The maximum atomic E-state index is 11.4. The predicted octanol–water partition coefficient (Wildman–Crippen LogP) is 0.622. The van der Waals surface area contributed by atoms with Crippen LogP contribution >= 0.6 is 0 Å². The van der Waals surface area contributed by atoms with Gasteiger partial charge in [0.2, 0.25) is 0 Å². The largest absolute Gasteiger partial charge is 0.465 e. The Morgan fingerprint density at radius 1 is 1.53 bits per heavy atom. The quantitative estimate of drug-likeness (QED) is 0.681. The summed E-state index contributed by atoms with van der Waals surface area (Å²) in [5.74, 6) is -0.104. The van der Waals surface area contributed by atoms with Crippen LogP contribution in [0.4, 0.5) is 0 Å². The first-order valence-electron chi connectivity index (χ1n) is 5.75. The second kappa shape index (κ2) is 6.08. The molecular weight excluding hydrogens is 192 g/mol. The standard InChI is InChI=1S/C11H22N2O2/c1-4-15-11(14)8-13-9(2)5-6-10(13)7-12-3/h9-10,12H,4-8H2,1-3H3/t9-,10-/m0/s1. The first-order chi connectivity index (χ1) is 7.19. The SMILES string of the molecule is CCOC(=O)CN1[C@H](CNC)CC[C@@H]1C. The molecule has 0 radical (unpaired) electrons. The minimum absolute atomic E-state index is 0.104. The summed E-state index contributed by atoms with van der Waals surface area (Å²) in [4.78, 5) is 13.7. The number of likely N-dealkylation sites (tertiary alicyclic amines) is 1. The number of carbonyl (C=O) groups excluding carboxylic acids is 1. The van der Waals surface area contributed by atoms with E-state index in [0.717, 1.165) is 6.54 Å². The van der Waals surface area contributed by atoms with Crippen LogP contribution in [0.1, 0.15) is 26.7 Å². The molecule has 1 N–H and O–H groups in total. The van der Waals surface area contributed by atoms with E-state index in [1.807, 2.05) is 14.0 Å². The van der Waals surface area contributed by atoms with Gasteiger partial charge < -0.3 is 10.1 Å². The van der Waals surface area contributed by atoms with Crippen molar-refractivity contribution in [3.8, 4) is 0 Å². The summed E-state index contributed by atoms with van der Waals surface area (Å²) in [5, 5.41) is 3.17. The lowest BCUT2D eigenvalue weighted by molar-refractivity contribution is -0.145. The molecule has 4 heteroatoms. The molecule has 0 unspecified atom stereocenters.